The second-order valence-corrected chi connectivity index (χ2v) is 19.0. The van der Waals surface area contributed by atoms with E-state index in [-0.39, 0.29) is 34.4 Å². The minimum Gasteiger partial charge on any atom is -0.303 e. The van der Waals surface area contributed by atoms with Crippen molar-refractivity contribution < 1.29 is 21.6 Å². The third-order valence-corrected chi connectivity index (χ3v) is 13.1. The zero-order valence-electron chi connectivity index (χ0n) is 27.6. The van der Waals surface area contributed by atoms with Gasteiger partial charge in [0.1, 0.15) is 12.4 Å². The number of halogens is 2. The maximum absolute atomic E-state index is 13.1. The second kappa shape index (κ2) is 13.7. The molecule has 1 amide bonds. The first-order valence-electron chi connectivity index (χ1n) is 16.3. The first-order valence-corrected chi connectivity index (χ1v) is 20.3. The summed E-state index contributed by atoms with van der Waals surface area (Å²) in [6.45, 7) is 5.81. The van der Waals surface area contributed by atoms with Crippen LogP contribution in [0.3, 0.4) is 0 Å². The van der Waals surface area contributed by atoms with E-state index < -0.39 is 26.0 Å². The van der Waals surface area contributed by atoms with E-state index in [1.807, 2.05) is 72.7 Å². The maximum atomic E-state index is 13.1. The first kappa shape index (κ1) is 35.4. The molecule has 2 fully saturated rings. The standard InChI is InChI=1S/C36H40Cl2N4O5S2/c1-36(2,3)16-17-48(44,45)30-9-4-6-26(19-30)25-12-10-24(11-13-25)18-34-39-33(31-15-14-27(37)20-32(31)38)22-41(34)28-7-5-8-29(21-28)42-23-35(43)40-49(42,46)47/h4-13,19,21-22,27,31-32H,14-18,20,23H2,1-3H3,(H,40,43)/t27?,31-,32?/m1/s1. The molecule has 1 saturated carbocycles. The lowest BCUT2D eigenvalue weighted by molar-refractivity contribution is -0.117. The molecule has 0 bridgehead atoms. The lowest BCUT2D eigenvalue weighted by Gasteiger charge is -2.28. The summed E-state index contributed by atoms with van der Waals surface area (Å²) in [5.74, 6) is 0.255. The monoisotopic (exact) mass is 742 g/mol. The summed E-state index contributed by atoms with van der Waals surface area (Å²) in [7, 11) is -7.39. The second-order valence-electron chi connectivity index (χ2n) is 14.1. The molecule has 3 atom stereocenters. The highest BCUT2D eigenvalue weighted by atomic mass is 35.5. The SMILES string of the molecule is CC(C)(C)CCS(=O)(=O)c1cccc(-c2ccc(Cc3nc([C@@H]4CCC(Cl)CC4Cl)cn3-c3cccc(N4CC(=O)NS4(=O)=O)c3)cc2)c1. The zero-order chi connectivity index (χ0) is 35.1. The molecule has 2 heterocycles. The van der Waals surface area contributed by atoms with Crippen LogP contribution in [-0.4, -0.2) is 55.3 Å². The molecule has 1 aromatic heterocycles. The van der Waals surface area contributed by atoms with Gasteiger partial charge in [-0.25, -0.2) is 22.4 Å². The molecular formula is C36H40Cl2N4O5S2. The Morgan fingerprint density at radius 2 is 1.65 bits per heavy atom. The van der Waals surface area contributed by atoms with Crippen molar-refractivity contribution in [3.8, 4) is 16.8 Å². The molecule has 49 heavy (non-hydrogen) atoms. The molecule has 9 nitrogen and oxygen atoms in total. The van der Waals surface area contributed by atoms with Crippen molar-refractivity contribution in [2.24, 2.45) is 5.41 Å². The van der Waals surface area contributed by atoms with Crippen LogP contribution in [0.25, 0.3) is 16.8 Å². The van der Waals surface area contributed by atoms with Gasteiger partial charge in [0.05, 0.1) is 22.0 Å². The molecule has 0 radical (unpaired) electrons. The number of aromatic nitrogens is 2. The quantitative estimate of drug-likeness (QED) is 0.185. The summed E-state index contributed by atoms with van der Waals surface area (Å²) >= 11 is 13.2. The minimum atomic E-state index is -3.97. The summed E-state index contributed by atoms with van der Waals surface area (Å²) in [4.78, 5) is 17.3. The Morgan fingerprint density at radius 3 is 2.33 bits per heavy atom. The highest BCUT2D eigenvalue weighted by Gasteiger charge is 2.35. The highest BCUT2D eigenvalue weighted by Crippen LogP contribution is 2.39. The number of carbonyl (C=O) groups is 1. The van der Waals surface area contributed by atoms with Crippen LogP contribution in [-0.2, 0) is 31.3 Å². The molecule has 4 aromatic rings. The van der Waals surface area contributed by atoms with Crippen LogP contribution in [0.4, 0.5) is 5.69 Å². The fourth-order valence-corrected chi connectivity index (χ4v) is 10.00. The lowest BCUT2D eigenvalue weighted by atomic mass is 9.86. The normalized spacial score (nSPS) is 21.1. The number of anilines is 1. The van der Waals surface area contributed by atoms with Gasteiger partial charge in [0.15, 0.2) is 9.84 Å². The molecule has 6 rings (SSSR count). The van der Waals surface area contributed by atoms with E-state index >= 15 is 0 Å². The topological polar surface area (TPSA) is 118 Å². The molecule has 13 heteroatoms. The summed E-state index contributed by atoms with van der Waals surface area (Å²) in [6, 6.07) is 22.0. The molecule has 1 aliphatic heterocycles. The van der Waals surface area contributed by atoms with E-state index in [1.165, 1.54) is 0 Å². The van der Waals surface area contributed by atoms with E-state index in [9.17, 15) is 21.6 Å². The number of benzene rings is 3. The van der Waals surface area contributed by atoms with E-state index in [4.69, 9.17) is 28.2 Å². The third-order valence-electron chi connectivity index (χ3n) is 9.07. The van der Waals surface area contributed by atoms with Crippen LogP contribution in [0.5, 0.6) is 0 Å². The van der Waals surface area contributed by atoms with Gasteiger partial charge in [0.25, 0.3) is 5.91 Å². The number of nitrogens with one attached hydrogen (secondary N) is 1. The fourth-order valence-electron chi connectivity index (χ4n) is 6.27. The average Bonchev–Trinajstić information content (AvgIpc) is 3.58. The van der Waals surface area contributed by atoms with E-state index in [0.29, 0.717) is 35.5 Å². The molecule has 0 spiro atoms. The van der Waals surface area contributed by atoms with Gasteiger partial charge in [-0.3, -0.25) is 4.79 Å². The molecule has 260 valence electrons. The summed E-state index contributed by atoms with van der Waals surface area (Å²) in [5, 5.41) is -0.142. The largest absolute Gasteiger partial charge is 0.326 e. The Morgan fingerprint density at radius 1 is 0.939 bits per heavy atom. The van der Waals surface area contributed by atoms with Crippen molar-refractivity contribution in [2.75, 3.05) is 16.6 Å². The number of sulfone groups is 1. The molecule has 2 unspecified atom stereocenters. The number of amides is 1. The molecule has 1 saturated heterocycles. The Hall–Kier alpha value is -3.38. The van der Waals surface area contributed by atoms with Crippen LogP contribution in [0.2, 0.25) is 0 Å². The Bertz CT molecular complexity index is 2080. The number of carbonyl (C=O) groups excluding carboxylic acids is 1. The summed E-state index contributed by atoms with van der Waals surface area (Å²) in [6.07, 6.45) is 5.32. The Kier molecular flexibility index (Phi) is 9.94. The van der Waals surface area contributed by atoms with Gasteiger partial charge in [-0.15, -0.1) is 23.2 Å². The molecular weight excluding hydrogens is 703 g/mol. The summed E-state index contributed by atoms with van der Waals surface area (Å²) < 4.78 is 56.4. The van der Waals surface area contributed by atoms with Crippen molar-refractivity contribution in [1.82, 2.24) is 14.3 Å². The van der Waals surface area contributed by atoms with E-state index in [0.717, 1.165) is 45.4 Å². The van der Waals surface area contributed by atoms with Crippen LogP contribution >= 0.6 is 23.2 Å². The molecule has 3 aromatic carbocycles. The van der Waals surface area contributed by atoms with Gasteiger partial charge >= 0.3 is 10.2 Å². The van der Waals surface area contributed by atoms with Gasteiger partial charge in [-0.05, 0) is 78.1 Å². The maximum Gasteiger partial charge on any atom is 0.326 e. The van der Waals surface area contributed by atoms with Crippen molar-refractivity contribution in [2.45, 2.75) is 74.4 Å². The van der Waals surface area contributed by atoms with Gasteiger partial charge < -0.3 is 4.57 Å². The van der Waals surface area contributed by atoms with Crippen molar-refractivity contribution >= 4 is 54.8 Å². The fraction of sp³-hybridized carbons (Fsp3) is 0.389. The molecule has 1 aliphatic carbocycles. The summed E-state index contributed by atoms with van der Waals surface area (Å²) in [5.41, 5.74) is 4.51. The van der Waals surface area contributed by atoms with Crippen molar-refractivity contribution in [1.29, 1.82) is 0 Å². The molecule has 1 N–H and O–H groups in total. The number of alkyl halides is 2. The number of imidazole rings is 1. The van der Waals surface area contributed by atoms with Crippen LogP contribution in [0.1, 0.15) is 69.5 Å². The highest BCUT2D eigenvalue weighted by molar-refractivity contribution is 7.92. The van der Waals surface area contributed by atoms with Gasteiger partial charge in [0.2, 0.25) is 0 Å². The smallest absolute Gasteiger partial charge is 0.303 e. The minimum absolute atomic E-state index is 0.00922. The first-order chi connectivity index (χ1) is 23.1. The predicted molar refractivity (Wildman–Crippen MR) is 195 cm³/mol. The Labute approximate surface area is 298 Å². The van der Waals surface area contributed by atoms with Crippen molar-refractivity contribution in [3.63, 3.8) is 0 Å². The van der Waals surface area contributed by atoms with Crippen molar-refractivity contribution in [3.05, 3.63) is 96.1 Å². The van der Waals surface area contributed by atoms with Crippen LogP contribution in [0, 0.1) is 5.41 Å². The van der Waals surface area contributed by atoms with Gasteiger partial charge in [-0.1, -0.05) is 63.2 Å². The Balaban J connectivity index is 1.30. The van der Waals surface area contributed by atoms with E-state index in [1.54, 1.807) is 36.4 Å². The zero-order valence-corrected chi connectivity index (χ0v) is 30.8. The van der Waals surface area contributed by atoms with Crippen LogP contribution in [0.15, 0.2) is 83.9 Å². The number of nitrogens with zero attached hydrogens (tertiary/aromatic N) is 3. The number of hydrogen-bond acceptors (Lipinski definition) is 6. The molecule has 2 aliphatic rings. The van der Waals surface area contributed by atoms with Gasteiger partial charge in [-0.2, -0.15) is 8.42 Å². The third kappa shape index (κ3) is 8.17. The lowest BCUT2D eigenvalue weighted by Crippen LogP contribution is -2.29. The van der Waals surface area contributed by atoms with Gasteiger partial charge in [0, 0.05) is 35.0 Å². The number of hydrogen-bond donors (Lipinski definition) is 1. The van der Waals surface area contributed by atoms with E-state index in [2.05, 4.69) is 0 Å². The average molecular weight is 744 g/mol. The predicted octanol–water partition coefficient (Wildman–Crippen LogP) is 7.00. The van der Waals surface area contributed by atoms with Crippen LogP contribution < -0.4 is 9.03 Å². The number of rotatable bonds is 9.